The Morgan fingerprint density at radius 2 is 2.09 bits per heavy atom. The van der Waals surface area contributed by atoms with Gasteiger partial charge in [-0.3, -0.25) is 0 Å². The highest BCUT2D eigenvalue weighted by molar-refractivity contribution is 9.10. The molecule has 0 spiro atoms. The lowest BCUT2D eigenvalue weighted by molar-refractivity contribution is 0.441. The van der Waals surface area contributed by atoms with Gasteiger partial charge in [0, 0.05) is 22.4 Å². The molecule has 2 aromatic rings. The Bertz CT molecular complexity index is 792. The molecule has 0 saturated carbocycles. The Kier molecular flexibility index (Phi) is 5.79. The number of sulfonamides is 1. The van der Waals surface area contributed by atoms with E-state index in [9.17, 15) is 12.8 Å². The fourth-order valence-corrected chi connectivity index (χ4v) is 5.41. The molecule has 0 aliphatic rings. The molecule has 1 heterocycles. The average Bonchev–Trinajstić information content (AvgIpc) is 2.83. The Morgan fingerprint density at radius 3 is 2.64 bits per heavy atom. The Labute approximate surface area is 146 Å². The van der Waals surface area contributed by atoms with Gasteiger partial charge in [-0.15, -0.1) is 17.9 Å². The Balaban J connectivity index is 2.39. The smallest absolute Gasteiger partial charge is 0.207 e. The summed E-state index contributed by atoms with van der Waals surface area (Å²) < 4.78 is 40.7. The first-order chi connectivity index (χ1) is 10.3. The predicted molar refractivity (Wildman–Crippen MR) is 91.2 cm³/mol. The van der Waals surface area contributed by atoms with E-state index in [4.69, 9.17) is 11.6 Å². The standard InChI is InChI=1S/C14H12BrClFNO2S2/c1-2-7-18(9-11-4-6-14(16)21-11)22(19,20)13-5-3-10(17)8-12(13)15/h2-6,8H,1,7,9H2. The van der Waals surface area contributed by atoms with Crippen LogP contribution in [0.1, 0.15) is 4.88 Å². The SMILES string of the molecule is C=CCN(Cc1ccc(Cl)s1)S(=O)(=O)c1ccc(F)cc1Br. The fourth-order valence-electron chi connectivity index (χ4n) is 1.83. The molecular formula is C14H12BrClFNO2S2. The largest absolute Gasteiger partial charge is 0.244 e. The van der Waals surface area contributed by atoms with E-state index in [-0.39, 0.29) is 22.5 Å². The highest BCUT2D eigenvalue weighted by Gasteiger charge is 2.26. The van der Waals surface area contributed by atoms with Gasteiger partial charge in [0.2, 0.25) is 10.0 Å². The average molecular weight is 425 g/mol. The number of halogens is 3. The number of thiophene rings is 1. The van der Waals surface area contributed by atoms with E-state index in [1.807, 2.05) is 0 Å². The number of hydrogen-bond acceptors (Lipinski definition) is 3. The van der Waals surface area contributed by atoms with Crippen LogP contribution in [0.15, 0.2) is 52.4 Å². The first kappa shape index (κ1) is 17.6. The Hall–Kier alpha value is -0.730. The molecule has 1 aromatic heterocycles. The minimum atomic E-state index is -3.79. The first-order valence-corrected chi connectivity index (χ1v) is 9.57. The molecule has 3 nitrogen and oxygen atoms in total. The van der Waals surface area contributed by atoms with Crippen LogP contribution in [0.5, 0.6) is 0 Å². The molecule has 0 bridgehead atoms. The van der Waals surface area contributed by atoms with E-state index in [1.54, 1.807) is 12.1 Å². The molecule has 0 atom stereocenters. The third kappa shape index (κ3) is 3.97. The van der Waals surface area contributed by atoms with Crippen LogP contribution in [-0.2, 0) is 16.6 Å². The van der Waals surface area contributed by atoms with Gasteiger partial charge in [0.05, 0.1) is 9.23 Å². The number of benzene rings is 1. The second-order valence-electron chi connectivity index (χ2n) is 4.37. The maximum absolute atomic E-state index is 13.2. The molecule has 22 heavy (non-hydrogen) atoms. The lowest BCUT2D eigenvalue weighted by Gasteiger charge is -2.20. The summed E-state index contributed by atoms with van der Waals surface area (Å²) in [6, 6.07) is 6.98. The fraction of sp³-hybridized carbons (Fsp3) is 0.143. The topological polar surface area (TPSA) is 37.4 Å². The summed E-state index contributed by atoms with van der Waals surface area (Å²) in [5, 5.41) is 0. The molecule has 8 heteroatoms. The van der Waals surface area contributed by atoms with Crippen LogP contribution in [0.2, 0.25) is 4.34 Å². The lowest BCUT2D eigenvalue weighted by atomic mass is 10.3. The van der Waals surface area contributed by atoms with Crippen molar-refractivity contribution in [2.45, 2.75) is 11.4 Å². The van der Waals surface area contributed by atoms with Crippen LogP contribution in [0.3, 0.4) is 0 Å². The summed E-state index contributed by atoms with van der Waals surface area (Å²) in [6.07, 6.45) is 1.50. The van der Waals surface area contributed by atoms with Crippen molar-refractivity contribution in [3.8, 4) is 0 Å². The summed E-state index contributed by atoms with van der Waals surface area (Å²) in [5.74, 6) is -0.508. The van der Waals surface area contributed by atoms with Gasteiger partial charge in [-0.25, -0.2) is 12.8 Å². The van der Waals surface area contributed by atoms with E-state index in [0.29, 0.717) is 4.34 Å². The van der Waals surface area contributed by atoms with Crippen LogP contribution in [0.25, 0.3) is 0 Å². The van der Waals surface area contributed by atoms with Gasteiger partial charge in [-0.1, -0.05) is 17.7 Å². The van der Waals surface area contributed by atoms with Crippen molar-refractivity contribution >= 4 is 48.9 Å². The van der Waals surface area contributed by atoms with E-state index in [1.165, 1.54) is 27.8 Å². The number of nitrogens with zero attached hydrogens (tertiary/aromatic N) is 1. The maximum atomic E-state index is 13.2. The van der Waals surface area contributed by atoms with Crippen LogP contribution in [-0.4, -0.2) is 19.3 Å². The molecule has 0 saturated heterocycles. The zero-order valence-corrected chi connectivity index (χ0v) is 15.3. The van der Waals surface area contributed by atoms with Gasteiger partial charge < -0.3 is 0 Å². The monoisotopic (exact) mass is 423 g/mol. The molecule has 0 aliphatic carbocycles. The van der Waals surface area contributed by atoms with E-state index < -0.39 is 15.8 Å². The van der Waals surface area contributed by atoms with Crippen LogP contribution in [0.4, 0.5) is 4.39 Å². The minimum absolute atomic E-state index is 0.0124. The summed E-state index contributed by atoms with van der Waals surface area (Å²) in [6.45, 7) is 3.91. The summed E-state index contributed by atoms with van der Waals surface area (Å²) in [5.41, 5.74) is 0. The van der Waals surface area contributed by atoms with Crippen molar-refractivity contribution in [2.24, 2.45) is 0 Å². The maximum Gasteiger partial charge on any atom is 0.244 e. The van der Waals surface area contributed by atoms with Crippen LogP contribution in [0, 0.1) is 5.82 Å². The van der Waals surface area contributed by atoms with Gasteiger partial charge in [-0.2, -0.15) is 4.31 Å². The quantitative estimate of drug-likeness (QED) is 0.631. The summed E-state index contributed by atoms with van der Waals surface area (Å²) >= 11 is 10.3. The molecule has 0 radical (unpaired) electrons. The third-order valence-corrected chi connectivity index (χ3v) is 6.81. The second kappa shape index (κ2) is 7.23. The lowest BCUT2D eigenvalue weighted by Crippen LogP contribution is -2.30. The van der Waals surface area contributed by atoms with E-state index in [2.05, 4.69) is 22.5 Å². The van der Waals surface area contributed by atoms with Crippen molar-refractivity contribution in [3.63, 3.8) is 0 Å². The second-order valence-corrected chi connectivity index (χ2v) is 8.93. The Morgan fingerprint density at radius 1 is 1.36 bits per heavy atom. The van der Waals surface area contributed by atoms with Crippen molar-refractivity contribution < 1.29 is 12.8 Å². The van der Waals surface area contributed by atoms with E-state index >= 15 is 0 Å². The highest BCUT2D eigenvalue weighted by Crippen LogP contribution is 2.29. The van der Waals surface area contributed by atoms with Gasteiger partial charge >= 0.3 is 0 Å². The van der Waals surface area contributed by atoms with Crippen LogP contribution < -0.4 is 0 Å². The molecule has 1 aromatic carbocycles. The van der Waals surface area contributed by atoms with E-state index in [0.717, 1.165) is 17.0 Å². The molecule has 0 aliphatic heterocycles. The molecular weight excluding hydrogens is 413 g/mol. The minimum Gasteiger partial charge on any atom is -0.207 e. The molecule has 2 rings (SSSR count). The van der Waals surface area contributed by atoms with Crippen molar-refractivity contribution in [1.29, 1.82) is 0 Å². The number of hydrogen-bond donors (Lipinski definition) is 0. The van der Waals surface area contributed by atoms with Gasteiger partial charge in [-0.05, 0) is 46.3 Å². The van der Waals surface area contributed by atoms with Gasteiger partial charge in [0.25, 0.3) is 0 Å². The number of rotatable bonds is 6. The van der Waals surface area contributed by atoms with Gasteiger partial charge in [0.15, 0.2) is 0 Å². The van der Waals surface area contributed by atoms with Crippen molar-refractivity contribution in [3.05, 3.63) is 62.5 Å². The molecule has 0 unspecified atom stereocenters. The zero-order valence-electron chi connectivity index (χ0n) is 11.3. The molecule has 0 amide bonds. The predicted octanol–water partition coefficient (Wildman–Crippen LogP) is 4.68. The van der Waals surface area contributed by atoms with Crippen molar-refractivity contribution in [2.75, 3.05) is 6.54 Å². The highest BCUT2D eigenvalue weighted by atomic mass is 79.9. The van der Waals surface area contributed by atoms with Crippen LogP contribution >= 0.6 is 38.9 Å². The summed E-state index contributed by atoms with van der Waals surface area (Å²) in [7, 11) is -3.79. The van der Waals surface area contributed by atoms with Crippen molar-refractivity contribution in [1.82, 2.24) is 4.31 Å². The van der Waals surface area contributed by atoms with Gasteiger partial charge in [0.1, 0.15) is 5.82 Å². The molecule has 0 N–H and O–H groups in total. The zero-order chi connectivity index (χ0) is 16.3. The normalized spacial score (nSPS) is 11.8. The third-order valence-electron chi connectivity index (χ3n) is 2.81. The molecule has 118 valence electrons. The first-order valence-electron chi connectivity index (χ1n) is 6.15. The molecule has 0 fully saturated rings. The summed E-state index contributed by atoms with van der Waals surface area (Å²) in [4.78, 5) is 0.826.